The minimum Gasteiger partial charge on any atom is -0.458 e. The highest BCUT2D eigenvalue weighted by Gasteiger charge is 2.43. The topological polar surface area (TPSA) is 28.9 Å². The molecule has 0 bridgehead atoms. The maximum atomic E-state index is 6.90. The van der Waals surface area contributed by atoms with Crippen molar-refractivity contribution in [1.82, 2.24) is 0 Å². The molecule has 0 N–H and O–H groups in total. The molecular formula is C52H33BN2O2. The molecule has 0 saturated carbocycles. The molecule has 0 aliphatic carbocycles. The summed E-state index contributed by atoms with van der Waals surface area (Å²) in [4.78, 5) is 4.68. The van der Waals surface area contributed by atoms with Gasteiger partial charge >= 0.3 is 0 Å². The van der Waals surface area contributed by atoms with Gasteiger partial charge in [0.2, 0.25) is 0 Å². The van der Waals surface area contributed by atoms with Crippen LogP contribution in [0.15, 0.2) is 205 Å². The van der Waals surface area contributed by atoms with Gasteiger partial charge in [0.1, 0.15) is 22.7 Å². The average Bonchev–Trinajstić information content (AvgIpc) is 3.63. The second-order valence-electron chi connectivity index (χ2n) is 14.9. The van der Waals surface area contributed by atoms with E-state index in [1.54, 1.807) is 0 Å². The van der Waals surface area contributed by atoms with E-state index in [0.29, 0.717) is 0 Å². The highest BCUT2D eigenvalue weighted by atomic mass is 16.5. The fourth-order valence-corrected chi connectivity index (χ4v) is 9.17. The fourth-order valence-electron chi connectivity index (χ4n) is 9.17. The first kappa shape index (κ1) is 31.8. The summed E-state index contributed by atoms with van der Waals surface area (Å²) in [6.45, 7) is -0.0541. The van der Waals surface area contributed by atoms with Crippen LogP contribution in [0.5, 0.6) is 11.5 Å². The Morgan fingerprint density at radius 1 is 0.421 bits per heavy atom. The van der Waals surface area contributed by atoms with E-state index in [-0.39, 0.29) is 6.71 Å². The van der Waals surface area contributed by atoms with Crippen LogP contribution in [-0.2, 0) is 0 Å². The molecule has 5 heteroatoms. The van der Waals surface area contributed by atoms with Crippen LogP contribution >= 0.6 is 0 Å². The molecule has 2 aliphatic rings. The Balaban J connectivity index is 1.02. The van der Waals surface area contributed by atoms with Crippen molar-refractivity contribution in [2.45, 2.75) is 0 Å². The van der Waals surface area contributed by atoms with E-state index in [0.717, 1.165) is 67.3 Å². The van der Waals surface area contributed by atoms with Crippen molar-refractivity contribution in [2.24, 2.45) is 0 Å². The molecule has 57 heavy (non-hydrogen) atoms. The number of anilines is 6. The lowest BCUT2D eigenvalue weighted by molar-refractivity contribution is 0.488. The molecule has 10 aromatic rings. The van der Waals surface area contributed by atoms with Gasteiger partial charge in [-0.3, -0.25) is 0 Å². The second-order valence-corrected chi connectivity index (χ2v) is 14.9. The monoisotopic (exact) mass is 728 g/mol. The molecule has 266 valence electrons. The summed E-state index contributed by atoms with van der Waals surface area (Å²) in [6.07, 6.45) is 0. The first-order valence-corrected chi connectivity index (χ1v) is 19.5. The number of nitrogens with zero attached hydrogens (tertiary/aromatic N) is 2. The maximum absolute atomic E-state index is 6.90. The van der Waals surface area contributed by atoms with Crippen LogP contribution in [0.3, 0.4) is 0 Å². The van der Waals surface area contributed by atoms with Crippen molar-refractivity contribution in [2.75, 3.05) is 9.80 Å². The third-order valence-electron chi connectivity index (χ3n) is 11.7. The van der Waals surface area contributed by atoms with Crippen molar-refractivity contribution < 1.29 is 9.15 Å². The first-order chi connectivity index (χ1) is 28.3. The molecule has 0 radical (unpaired) electrons. The van der Waals surface area contributed by atoms with Gasteiger partial charge in [-0.25, -0.2) is 0 Å². The van der Waals surface area contributed by atoms with E-state index >= 15 is 0 Å². The second kappa shape index (κ2) is 12.5. The summed E-state index contributed by atoms with van der Waals surface area (Å²) < 4.78 is 13.8. The number of hydrogen-bond donors (Lipinski definition) is 0. The molecule has 3 heterocycles. The Labute approximate surface area is 330 Å². The highest BCUT2D eigenvalue weighted by molar-refractivity contribution is 7.00. The third-order valence-corrected chi connectivity index (χ3v) is 11.7. The van der Waals surface area contributed by atoms with E-state index in [1.807, 2.05) is 0 Å². The molecule has 1 aromatic heterocycles. The van der Waals surface area contributed by atoms with Crippen molar-refractivity contribution in [3.63, 3.8) is 0 Å². The summed E-state index contributed by atoms with van der Waals surface area (Å²) in [5.41, 5.74) is 14.2. The minimum atomic E-state index is -0.0541. The Bertz CT molecular complexity index is 3160. The summed E-state index contributed by atoms with van der Waals surface area (Å²) in [5.74, 6) is 1.75. The zero-order valence-electron chi connectivity index (χ0n) is 30.8. The summed E-state index contributed by atoms with van der Waals surface area (Å²) in [6, 6.07) is 71.1. The van der Waals surface area contributed by atoms with Gasteiger partial charge in [0, 0.05) is 51.0 Å². The number of rotatable bonds is 5. The molecule has 0 unspecified atom stereocenters. The predicted octanol–water partition coefficient (Wildman–Crippen LogP) is 12.3. The van der Waals surface area contributed by atoms with Gasteiger partial charge in [-0.05, 0) is 117 Å². The van der Waals surface area contributed by atoms with E-state index in [9.17, 15) is 0 Å². The smallest absolute Gasteiger partial charge is 0.257 e. The van der Waals surface area contributed by atoms with Crippen molar-refractivity contribution in [3.8, 4) is 22.6 Å². The minimum absolute atomic E-state index is 0.0541. The van der Waals surface area contributed by atoms with E-state index in [4.69, 9.17) is 9.15 Å². The Morgan fingerprint density at radius 2 is 1.09 bits per heavy atom. The quantitative estimate of drug-likeness (QED) is 0.165. The molecule has 0 amide bonds. The van der Waals surface area contributed by atoms with Gasteiger partial charge < -0.3 is 19.0 Å². The normalized spacial score (nSPS) is 12.6. The van der Waals surface area contributed by atoms with E-state index < -0.39 is 0 Å². The van der Waals surface area contributed by atoms with Gasteiger partial charge in [0.25, 0.3) is 6.71 Å². The van der Waals surface area contributed by atoms with Crippen molar-refractivity contribution in [3.05, 3.63) is 200 Å². The number of fused-ring (bicyclic) bond motifs is 9. The standard InChI is InChI=1S/C52H33BN2O2/c1-4-13-34(14-5-1)35-23-26-39(27-24-35)54(37-16-6-2-7-17-37)40-28-29-42-43-32-50-44(33-49(43)57-48(42)31-40)53-51-41-20-11-10-15-36(41)25-30-46(51)55(38-18-8-3-9-19-38)45-21-12-22-47(56-50)52(45)53/h1-33H. The molecule has 9 aromatic carbocycles. The zero-order valence-corrected chi connectivity index (χ0v) is 30.8. The molecule has 0 atom stereocenters. The summed E-state index contributed by atoms with van der Waals surface area (Å²) in [5, 5.41) is 4.54. The molecule has 0 fully saturated rings. The average molecular weight is 729 g/mol. The molecule has 0 spiro atoms. The molecule has 12 rings (SSSR count). The third kappa shape index (κ3) is 4.95. The SMILES string of the molecule is c1ccc(-c2ccc(N(c3ccccc3)c3ccc4c(c3)oc3cc5c(cc34)Oc3cccc4c3B5c3c(ccc5ccccc35)N4c3ccccc3)cc2)cc1. The molecule has 4 nitrogen and oxygen atoms in total. The van der Waals surface area contributed by atoms with Gasteiger partial charge in [0.15, 0.2) is 0 Å². The lowest BCUT2D eigenvalue weighted by atomic mass is 9.33. The van der Waals surface area contributed by atoms with Crippen LogP contribution in [0.2, 0.25) is 0 Å². The molecular weight excluding hydrogens is 695 g/mol. The Kier molecular flexibility index (Phi) is 6.99. The number of ether oxygens (including phenoxy) is 1. The Hall–Kier alpha value is -7.50. The van der Waals surface area contributed by atoms with Crippen LogP contribution in [0.25, 0.3) is 43.8 Å². The van der Waals surface area contributed by atoms with Crippen LogP contribution in [0.4, 0.5) is 34.1 Å². The maximum Gasteiger partial charge on any atom is 0.257 e. The lowest BCUT2D eigenvalue weighted by Crippen LogP contribution is -2.59. The lowest BCUT2D eigenvalue weighted by Gasteiger charge is -2.40. The van der Waals surface area contributed by atoms with Crippen LogP contribution in [0.1, 0.15) is 0 Å². The largest absolute Gasteiger partial charge is 0.458 e. The van der Waals surface area contributed by atoms with Crippen LogP contribution in [0, 0.1) is 0 Å². The van der Waals surface area contributed by atoms with Gasteiger partial charge in [-0.2, -0.15) is 0 Å². The van der Waals surface area contributed by atoms with Crippen LogP contribution in [-0.4, -0.2) is 6.71 Å². The number of hydrogen-bond acceptors (Lipinski definition) is 4. The van der Waals surface area contributed by atoms with Gasteiger partial charge in [0.05, 0.1) is 0 Å². The zero-order chi connectivity index (χ0) is 37.5. The van der Waals surface area contributed by atoms with Crippen molar-refractivity contribution in [1.29, 1.82) is 0 Å². The summed E-state index contributed by atoms with van der Waals surface area (Å²) >= 11 is 0. The number of benzene rings is 9. The summed E-state index contributed by atoms with van der Waals surface area (Å²) in [7, 11) is 0. The number of para-hydroxylation sites is 2. The highest BCUT2D eigenvalue weighted by Crippen LogP contribution is 2.44. The van der Waals surface area contributed by atoms with Crippen molar-refractivity contribution >= 4 is 89.9 Å². The van der Waals surface area contributed by atoms with E-state index in [1.165, 1.54) is 38.5 Å². The molecule has 0 saturated heterocycles. The predicted molar refractivity (Wildman–Crippen MR) is 237 cm³/mol. The first-order valence-electron chi connectivity index (χ1n) is 19.5. The fraction of sp³-hybridized carbons (Fsp3) is 0. The molecule has 2 aliphatic heterocycles. The van der Waals surface area contributed by atoms with E-state index in [2.05, 4.69) is 210 Å². The van der Waals surface area contributed by atoms with Crippen LogP contribution < -0.4 is 30.9 Å². The van der Waals surface area contributed by atoms with Gasteiger partial charge in [-0.1, -0.05) is 115 Å². The van der Waals surface area contributed by atoms with Gasteiger partial charge in [-0.15, -0.1) is 0 Å². The number of furan rings is 1. The Morgan fingerprint density at radius 3 is 1.91 bits per heavy atom.